The summed E-state index contributed by atoms with van der Waals surface area (Å²) in [6, 6.07) is 5.90. The molecular formula is C17H21F3N2O2. The number of urea groups is 1. The van der Waals surface area contributed by atoms with Crippen LogP contribution in [-0.2, 0) is 6.42 Å². The lowest BCUT2D eigenvalue weighted by molar-refractivity contribution is -0.183. The fourth-order valence-corrected chi connectivity index (χ4v) is 3.73. The third-order valence-corrected chi connectivity index (χ3v) is 4.96. The van der Waals surface area contributed by atoms with Gasteiger partial charge < -0.3 is 15.7 Å². The van der Waals surface area contributed by atoms with Crippen LogP contribution in [0.2, 0.25) is 0 Å². The Kier molecular flexibility index (Phi) is 4.71. The molecule has 2 aliphatic carbocycles. The quantitative estimate of drug-likeness (QED) is 0.774. The highest BCUT2D eigenvalue weighted by atomic mass is 19.4. The topological polar surface area (TPSA) is 61.4 Å². The van der Waals surface area contributed by atoms with Gasteiger partial charge in [0, 0.05) is 12.5 Å². The number of amides is 2. The van der Waals surface area contributed by atoms with Crippen molar-refractivity contribution in [3.05, 3.63) is 35.4 Å². The van der Waals surface area contributed by atoms with Crippen LogP contribution in [0.1, 0.15) is 42.9 Å². The van der Waals surface area contributed by atoms with Crippen LogP contribution in [0.3, 0.4) is 0 Å². The van der Waals surface area contributed by atoms with Gasteiger partial charge in [0.1, 0.15) is 0 Å². The third kappa shape index (κ3) is 3.66. The Labute approximate surface area is 138 Å². The highest BCUT2D eigenvalue weighted by Gasteiger charge is 2.42. The molecule has 0 spiro atoms. The van der Waals surface area contributed by atoms with E-state index in [4.69, 9.17) is 0 Å². The molecule has 132 valence electrons. The van der Waals surface area contributed by atoms with Gasteiger partial charge in [0.2, 0.25) is 0 Å². The fourth-order valence-electron chi connectivity index (χ4n) is 3.73. The average molecular weight is 342 g/mol. The summed E-state index contributed by atoms with van der Waals surface area (Å²) in [6.07, 6.45) is -3.44. The summed E-state index contributed by atoms with van der Waals surface area (Å²) >= 11 is 0. The minimum absolute atomic E-state index is 0.0826. The third-order valence-electron chi connectivity index (χ3n) is 4.96. The van der Waals surface area contributed by atoms with Crippen molar-refractivity contribution in [2.45, 2.75) is 56.5 Å². The van der Waals surface area contributed by atoms with Crippen LogP contribution < -0.4 is 10.6 Å². The number of nitrogens with one attached hydrogen (secondary N) is 2. The molecule has 0 bridgehead atoms. The monoisotopic (exact) mass is 342 g/mol. The van der Waals surface area contributed by atoms with E-state index in [1.807, 2.05) is 24.3 Å². The van der Waals surface area contributed by atoms with Gasteiger partial charge in [-0.1, -0.05) is 30.7 Å². The van der Waals surface area contributed by atoms with E-state index in [1.165, 1.54) is 0 Å². The molecule has 1 aromatic rings. The van der Waals surface area contributed by atoms with Crippen LogP contribution >= 0.6 is 0 Å². The van der Waals surface area contributed by atoms with Gasteiger partial charge in [-0.2, -0.15) is 13.2 Å². The maximum atomic E-state index is 12.8. The molecule has 0 saturated heterocycles. The van der Waals surface area contributed by atoms with Crippen molar-refractivity contribution in [2.75, 3.05) is 0 Å². The maximum Gasteiger partial charge on any atom is 0.391 e. The predicted octanol–water partition coefficient (Wildman–Crippen LogP) is 3.07. The molecule has 0 heterocycles. The minimum atomic E-state index is -4.21. The van der Waals surface area contributed by atoms with E-state index in [2.05, 4.69) is 10.6 Å². The molecule has 3 N–H and O–H groups in total. The van der Waals surface area contributed by atoms with Crippen LogP contribution in [0.5, 0.6) is 0 Å². The highest BCUT2D eigenvalue weighted by molar-refractivity contribution is 5.75. The van der Waals surface area contributed by atoms with Crippen LogP contribution in [-0.4, -0.2) is 29.5 Å². The van der Waals surface area contributed by atoms with Gasteiger partial charge in [0.25, 0.3) is 0 Å². The molecule has 4 nitrogen and oxygen atoms in total. The van der Waals surface area contributed by atoms with Gasteiger partial charge in [-0.3, -0.25) is 0 Å². The molecule has 0 aromatic heterocycles. The lowest BCUT2D eigenvalue weighted by atomic mass is 9.85. The van der Waals surface area contributed by atoms with E-state index in [-0.39, 0.29) is 12.8 Å². The van der Waals surface area contributed by atoms with Crippen molar-refractivity contribution >= 4 is 6.03 Å². The SMILES string of the molecule is O=C(NC1CCCC(C(F)(F)F)C1)NC1c2ccccc2CC1O. The van der Waals surface area contributed by atoms with Crippen molar-refractivity contribution in [3.8, 4) is 0 Å². The normalized spacial score (nSPS) is 29.8. The van der Waals surface area contributed by atoms with Gasteiger partial charge in [-0.15, -0.1) is 0 Å². The molecule has 2 amide bonds. The average Bonchev–Trinajstić information content (AvgIpc) is 2.83. The second kappa shape index (κ2) is 6.63. The first-order valence-electron chi connectivity index (χ1n) is 8.24. The van der Waals surface area contributed by atoms with Crippen molar-refractivity contribution in [1.82, 2.24) is 10.6 Å². The molecule has 3 rings (SSSR count). The zero-order valence-electron chi connectivity index (χ0n) is 13.1. The summed E-state index contributed by atoms with van der Waals surface area (Å²) in [5.41, 5.74) is 1.84. The van der Waals surface area contributed by atoms with Gasteiger partial charge >= 0.3 is 12.2 Å². The number of hydrogen-bond acceptors (Lipinski definition) is 2. The van der Waals surface area contributed by atoms with E-state index < -0.39 is 36.3 Å². The Bertz CT molecular complexity index is 606. The number of benzene rings is 1. The largest absolute Gasteiger partial charge is 0.391 e. The van der Waals surface area contributed by atoms with E-state index in [1.54, 1.807) is 0 Å². The molecule has 2 aliphatic rings. The first-order chi connectivity index (χ1) is 11.3. The van der Waals surface area contributed by atoms with Crippen LogP contribution in [0.15, 0.2) is 24.3 Å². The molecule has 24 heavy (non-hydrogen) atoms. The van der Waals surface area contributed by atoms with E-state index in [0.717, 1.165) is 11.1 Å². The number of hydrogen-bond donors (Lipinski definition) is 3. The van der Waals surface area contributed by atoms with Crippen LogP contribution in [0.4, 0.5) is 18.0 Å². The predicted molar refractivity (Wildman–Crippen MR) is 82.4 cm³/mol. The molecule has 0 radical (unpaired) electrons. The summed E-state index contributed by atoms with van der Waals surface area (Å²) in [6.45, 7) is 0. The number of carbonyl (C=O) groups excluding carboxylic acids is 1. The van der Waals surface area contributed by atoms with E-state index in [0.29, 0.717) is 19.3 Å². The summed E-state index contributed by atoms with van der Waals surface area (Å²) in [5.74, 6) is -1.35. The van der Waals surface area contributed by atoms with Crippen molar-refractivity contribution in [3.63, 3.8) is 0 Å². The van der Waals surface area contributed by atoms with Gasteiger partial charge in [0.15, 0.2) is 0 Å². The first-order valence-corrected chi connectivity index (χ1v) is 8.24. The molecule has 4 unspecified atom stereocenters. The zero-order valence-corrected chi connectivity index (χ0v) is 13.1. The molecule has 1 fully saturated rings. The Morgan fingerprint density at radius 3 is 2.67 bits per heavy atom. The molecule has 1 aromatic carbocycles. The summed E-state index contributed by atoms with van der Waals surface area (Å²) < 4.78 is 38.5. The zero-order chi connectivity index (χ0) is 17.3. The van der Waals surface area contributed by atoms with Crippen LogP contribution in [0.25, 0.3) is 0 Å². The highest BCUT2D eigenvalue weighted by Crippen LogP contribution is 2.37. The number of halogens is 3. The van der Waals surface area contributed by atoms with Crippen molar-refractivity contribution < 1.29 is 23.1 Å². The molecule has 4 atom stereocenters. The summed E-state index contributed by atoms with van der Waals surface area (Å²) in [4.78, 5) is 12.2. The lowest BCUT2D eigenvalue weighted by Gasteiger charge is -2.31. The number of aliphatic hydroxyl groups is 1. The Hall–Kier alpha value is -1.76. The summed E-state index contributed by atoms with van der Waals surface area (Å²) in [7, 11) is 0. The minimum Gasteiger partial charge on any atom is -0.390 e. The molecule has 0 aliphatic heterocycles. The molecule has 7 heteroatoms. The smallest absolute Gasteiger partial charge is 0.390 e. The number of rotatable bonds is 2. The second-order valence-corrected chi connectivity index (χ2v) is 6.67. The number of alkyl halides is 3. The second-order valence-electron chi connectivity index (χ2n) is 6.67. The van der Waals surface area contributed by atoms with Gasteiger partial charge in [-0.05, 0) is 30.4 Å². The Morgan fingerprint density at radius 1 is 1.17 bits per heavy atom. The standard InChI is InChI=1S/C17H21F3N2O2/c18-17(19,20)11-5-3-6-12(9-11)21-16(24)22-15-13-7-2-1-4-10(13)8-14(15)23/h1-2,4,7,11-12,14-15,23H,3,5-6,8-9H2,(H2,21,22,24). The van der Waals surface area contributed by atoms with E-state index >= 15 is 0 Å². The first kappa shape index (κ1) is 17.1. The lowest BCUT2D eigenvalue weighted by Crippen LogP contribution is -2.47. The Morgan fingerprint density at radius 2 is 1.92 bits per heavy atom. The number of aliphatic hydroxyl groups excluding tert-OH is 1. The maximum absolute atomic E-state index is 12.8. The number of fused-ring (bicyclic) bond motifs is 1. The van der Waals surface area contributed by atoms with Gasteiger partial charge in [0.05, 0.1) is 18.1 Å². The van der Waals surface area contributed by atoms with Crippen molar-refractivity contribution in [2.24, 2.45) is 5.92 Å². The fraction of sp³-hybridized carbons (Fsp3) is 0.588. The van der Waals surface area contributed by atoms with Crippen LogP contribution in [0, 0.1) is 5.92 Å². The number of carbonyl (C=O) groups is 1. The Balaban J connectivity index is 1.58. The van der Waals surface area contributed by atoms with Crippen molar-refractivity contribution in [1.29, 1.82) is 0 Å². The summed E-state index contributed by atoms with van der Waals surface area (Å²) in [5, 5.41) is 15.5. The van der Waals surface area contributed by atoms with E-state index in [9.17, 15) is 23.1 Å². The molecule has 1 saturated carbocycles. The molecular weight excluding hydrogens is 321 g/mol. The van der Waals surface area contributed by atoms with Gasteiger partial charge in [-0.25, -0.2) is 4.79 Å².